The van der Waals surface area contributed by atoms with Crippen molar-refractivity contribution in [2.45, 2.75) is 13.5 Å². The molecule has 6 nitrogen and oxygen atoms in total. The highest BCUT2D eigenvalue weighted by molar-refractivity contribution is 14.1. The van der Waals surface area contributed by atoms with Crippen LogP contribution in [0.3, 0.4) is 0 Å². The lowest BCUT2D eigenvalue weighted by molar-refractivity contribution is -0.116. The molecular formula is C12H11IN4O2. The maximum atomic E-state index is 11.7. The molecule has 0 saturated carbocycles. The summed E-state index contributed by atoms with van der Waals surface area (Å²) in [6.45, 7) is 1.60. The van der Waals surface area contributed by atoms with Gasteiger partial charge >= 0.3 is 0 Å². The van der Waals surface area contributed by atoms with Crippen molar-refractivity contribution in [1.82, 2.24) is 14.8 Å². The minimum Gasteiger partial charge on any atom is -0.324 e. The van der Waals surface area contributed by atoms with Crippen molar-refractivity contribution in [3.63, 3.8) is 0 Å². The second-order valence-corrected chi connectivity index (χ2v) is 4.86. The minimum absolute atomic E-state index is 0.00457. The molecule has 7 heteroatoms. The molecule has 0 unspecified atom stereocenters. The molecule has 1 amide bonds. The Balaban J connectivity index is 1.97. The van der Waals surface area contributed by atoms with Crippen molar-refractivity contribution in [1.29, 1.82) is 0 Å². The molecule has 0 saturated heterocycles. The van der Waals surface area contributed by atoms with Gasteiger partial charge in [0.15, 0.2) is 5.78 Å². The molecule has 0 spiro atoms. The van der Waals surface area contributed by atoms with E-state index >= 15 is 0 Å². The number of ketones is 1. The van der Waals surface area contributed by atoms with Crippen molar-refractivity contribution in [3.8, 4) is 0 Å². The number of halogens is 1. The summed E-state index contributed by atoms with van der Waals surface area (Å²) in [6, 6.07) is 6.74. The molecule has 2 rings (SSSR count). The number of aromatic nitrogens is 3. The summed E-state index contributed by atoms with van der Waals surface area (Å²) in [5.41, 5.74) is 1.26. The molecule has 1 aromatic carbocycles. The van der Waals surface area contributed by atoms with Gasteiger partial charge in [-0.1, -0.05) is 0 Å². The lowest BCUT2D eigenvalue weighted by Gasteiger charge is -2.05. The van der Waals surface area contributed by atoms with E-state index in [9.17, 15) is 9.59 Å². The van der Waals surface area contributed by atoms with Gasteiger partial charge in [-0.05, 0) is 31.2 Å². The fourth-order valence-electron chi connectivity index (χ4n) is 1.48. The van der Waals surface area contributed by atoms with Gasteiger partial charge in [0.1, 0.15) is 12.9 Å². The Morgan fingerprint density at radius 1 is 1.32 bits per heavy atom. The molecule has 0 aliphatic rings. The van der Waals surface area contributed by atoms with Gasteiger partial charge in [0.2, 0.25) is 9.74 Å². The first-order chi connectivity index (χ1) is 9.04. The SMILES string of the molecule is CC(=O)c1ccc(NC(=O)Cn2cnc(I)n2)cc1. The van der Waals surface area contributed by atoms with Gasteiger partial charge in [0.25, 0.3) is 0 Å². The Hall–Kier alpha value is -1.77. The summed E-state index contributed by atoms with van der Waals surface area (Å²) < 4.78 is 2.05. The number of nitrogens with one attached hydrogen (secondary N) is 1. The third-order valence-electron chi connectivity index (χ3n) is 2.39. The summed E-state index contributed by atoms with van der Waals surface area (Å²) in [5.74, 6) is -0.202. The standard InChI is InChI=1S/C12H11IN4O2/c1-8(18)9-2-4-10(5-3-9)15-11(19)6-17-7-14-12(13)16-17/h2-5,7H,6H2,1H3,(H,15,19). The third kappa shape index (κ3) is 3.85. The lowest BCUT2D eigenvalue weighted by atomic mass is 10.1. The van der Waals surface area contributed by atoms with Gasteiger partial charge in [-0.3, -0.25) is 9.59 Å². The molecule has 1 N–H and O–H groups in total. The number of Topliss-reactive ketones (excluding diaryl/α,β-unsaturated/α-hetero) is 1. The summed E-state index contributed by atoms with van der Waals surface area (Å²) in [4.78, 5) is 26.8. The molecule has 0 aliphatic heterocycles. The average molecular weight is 370 g/mol. The number of carbonyl (C=O) groups excluding carboxylic acids is 2. The maximum absolute atomic E-state index is 11.7. The van der Waals surface area contributed by atoms with Gasteiger partial charge in [-0.15, -0.1) is 5.10 Å². The summed E-state index contributed by atoms with van der Waals surface area (Å²) >= 11 is 1.97. The number of rotatable bonds is 4. The first kappa shape index (κ1) is 13.7. The minimum atomic E-state index is -0.197. The Morgan fingerprint density at radius 3 is 2.53 bits per heavy atom. The highest BCUT2D eigenvalue weighted by Gasteiger charge is 2.06. The Kier molecular flexibility index (Phi) is 4.25. The highest BCUT2D eigenvalue weighted by Crippen LogP contribution is 2.10. The van der Waals surface area contributed by atoms with Crippen molar-refractivity contribution in [2.24, 2.45) is 0 Å². The number of benzene rings is 1. The summed E-state index contributed by atoms with van der Waals surface area (Å²) in [6.07, 6.45) is 1.50. The van der Waals surface area contributed by atoms with Crippen LogP contribution < -0.4 is 5.32 Å². The summed E-state index contributed by atoms with van der Waals surface area (Å²) in [7, 11) is 0. The highest BCUT2D eigenvalue weighted by atomic mass is 127. The second kappa shape index (κ2) is 5.91. The first-order valence-electron chi connectivity index (χ1n) is 5.50. The van der Waals surface area contributed by atoms with Gasteiger partial charge in [-0.25, -0.2) is 9.67 Å². The van der Waals surface area contributed by atoms with Crippen LogP contribution in [0.25, 0.3) is 0 Å². The zero-order chi connectivity index (χ0) is 13.8. The zero-order valence-electron chi connectivity index (χ0n) is 10.1. The smallest absolute Gasteiger partial charge is 0.246 e. The first-order valence-corrected chi connectivity index (χ1v) is 6.58. The number of anilines is 1. The van der Waals surface area contributed by atoms with Gasteiger partial charge < -0.3 is 5.32 Å². The topological polar surface area (TPSA) is 76.9 Å². The van der Waals surface area contributed by atoms with Gasteiger partial charge in [-0.2, -0.15) is 0 Å². The molecule has 2 aromatic rings. The van der Waals surface area contributed by atoms with E-state index in [4.69, 9.17) is 0 Å². The predicted molar refractivity (Wildman–Crippen MR) is 77.8 cm³/mol. The van der Waals surface area contributed by atoms with Crippen molar-refractivity contribution < 1.29 is 9.59 Å². The van der Waals surface area contributed by atoms with E-state index in [1.165, 1.54) is 17.9 Å². The molecule has 0 aliphatic carbocycles. The van der Waals surface area contributed by atoms with Gasteiger partial charge in [0.05, 0.1) is 0 Å². The molecule has 0 bridgehead atoms. The van der Waals surface area contributed by atoms with Crippen LogP contribution in [0.5, 0.6) is 0 Å². The normalized spacial score (nSPS) is 10.2. The van der Waals surface area contributed by atoms with Crippen LogP contribution in [0.15, 0.2) is 30.6 Å². The van der Waals surface area contributed by atoms with Crippen LogP contribution >= 0.6 is 22.6 Å². The maximum Gasteiger partial charge on any atom is 0.246 e. The fourth-order valence-corrected chi connectivity index (χ4v) is 1.89. The van der Waals surface area contributed by atoms with Crippen LogP contribution in [0.4, 0.5) is 5.69 Å². The molecule has 1 aromatic heterocycles. The molecule has 0 atom stereocenters. The monoisotopic (exact) mass is 370 g/mol. The van der Waals surface area contributed by atoms with Crippen LogP contribution in [-0.4, -0.2) is 26.5 Å². The second-order valence-electron chi connectivity index (χ2n) is 3.89. The Bertz CT molecular complexity index is 606. The van der Waals surface area contributed by atoms with Crippen LogP contribution in [0, 0.1) is 3.83 Å². The van der Waals surface area contributed by atoms with E-state index in [1.807, 2.05) is 22.6 Å². The number of carbonyl (C=O) groups is 2. The fraction of sp³-hybridized carbons (Fsp3) is 0.167. The Morgan fingerprint density at radius 2 is 2.00 bits per heavy atom. The van der Waals surface area contributed by atoms with E-state index in [0.717, 1.165) is 0 Å². The third-order valence-corrected chi connectivity index (χ3v) is 2.88. The molecular weight excluding hydrogens is 359 g/mol. The van der Waals surface area contributed by atoms with Crippen molar-refractivity contribution in [2.75, 3.05) is 5.32 Å². The van der Waals surface area contributed by atoms with E-state index in [2.05, 4.69) is 15.4 Å². The molecule has 0 radical (unpaired) electrons. The number of amides is 1. The lowest BCUT2D eigenvalue weighted by Crippen LogP contribution is -2.19. The van der Waals surface area contributed by atoms with E-state index in [0.29, 0.717) is 15.1 Å². The van der Waals surface area contributed by atoms with Crippen molar-refractivity contribution in [3.05, 3.63) is 40.0 Å². The average Bonchev–Trinajstić information content (AvgIpc) is 2.75. The molecule has 0 fully saturated rings. The molecule has 1 heterocycles. The van der Waals surface area contributed by atoms with Crippen LogP contribution in [0.1, 0.15) is 17.3 Å². The van der Waals surface area contributed by atoms with Gasteiger partial charge in [0, 0.05) is 33.8 Å². The van der Waals surface area contributed by atoms with E-state index < -0.39 is 0 Å². The molecule has 98 valence electrons. The number of hydrogen-bond acceptors (Lipinski definition) is 4. The summed E-state index contributed by atoms with van der Waals surface area (Å²) in [5, 5.41) is 6.74. The predicted octanol–water partition coefficient (Wildman–Crippen LogP) is 1.72. The zero-order valence-corrected chi connectivity index (χ0v) is 12.3. The van der Waals surface area contributed by atoms with E-state index in [-0.39, 0.29) is 18.2 Å². The number of hydrogen-bond donors (Lipinski definition) is 1. The quantitative estimate of drug-likeness (QED) is 0.657. The van der Waals surface area contributed by atoms with Crippen molar-refractivity contribution >= 4 is 40.0 Å². The largest absolute Gasteiger partial charge is 0.324 e. The number of nitrogens with zero attached hydrogens (tertiary/aromatic N) is 3. The van der Waals surface area contributed by atoms with E-state index in [1.54, 1.807) is 24.3 Å². The molecule has 19 heavy (non-hydrogen) atoms. The Labute approximate surface area is 123 Å². The van der Waals surface area contributed by atoms with Crippen LogP contribution in [-0.2, 0) is 11.3 Å². The van der Waals surface area contributed by atoms with Crippen LogP contribution in [0.2, 0.25) is 0 Å².